The maximum Gasteiger partial charge on any atom is 0.152 e. The van der Waals surface area contributed by atoms with Crippen LogP contribution >= 0.6 is 0 Å². The maximum absolute atomic E-state index is 12.6. The summed E-state index contributed by atoms with van der Waals surface area (Å²) in [5, 5.41) is 0. The third-order valence-electron chi connectivity index (χ3n) is 1.55. The summed E-state index contributed by atoms with van der Waals surface area (Å²) < 4.78 is 12.6. The highest BCUT2D eigenvalue weighted by Gasteiger charge is 1.96. The van der Waals surface area contributed by atoms with E-state index in [4.69, 9.17) is 5.73 Å². The number of anilines is 1. The van der Waals surface area contributed by atoms with Gasteiger partial charge in [-0.25, -0.2) is 4.39 Å². The second kappa shape index (κ2) is 3.85. The van der Waals surface area contributed by atoms with E-state index >= 15 is 0 Å². The quantitative estimate of drug-likeness (QED) is 0.557. The van der Waals surface area contributed by atoms with Crippen molar-refractivity contribution in [2.24, 2.45) is 0 Å². The van der Waals surface area contributed by atoms with Crippen LogP contribution in [0.2, 0.25) is 0 Å². The predicted molar refractivity (Wildman–Crippen MR) is 50.5 cm³/mol. The van der Waals surface area contributed by atoms with Crippen molar-refractivity contribution in [3.8, 4) is 0 Å². The van der Waals surface area contributed by atoms with Gasteiger partial charge in [0.15, 0.2) is 5.78 Å². The topological polar surface area (TPSA) is 43.1 Å². The molecule has 0 radical (unpaired) electrons. The Labute approximate surface area is 75.9 Å². The summed E-state index contributed by atoms with van der Waals surface area (Å²) in [6, 6.07) is 4.06. The molecule has 0 saturated heterocycles. The van der Waals surface area contributed by atoms with Gasteiger partial charge in [0, 0.05) is 5.69 Å². The highest BCUT2D eigenvalue weighted by molar-refractivity contribution is 5.92. The van der Waals surface area contributed by atoms with Gasteiger partial charge >= 0.3 is 0 Å². The molecule has 0 amide bonds. The number of allylic oxidation sites excluding steroid dienone is 1. The van der Waals surface area contributed by atoms with Gasteiger partial charge in [-0.15, -0.1) is 0 Å². The zero-order chi connectivity index (χ0) is 9.84. The molecule has 1 aromatic rings. The molecule has 2 nitrogen and oxygen atoms in total. The van der Waals surface area contributed by atoms with Crippen molar-refractivity contribution in [1.29, 1.82) is 0 Å². The van der Waals surface area contributed by atoms with Gasteiger partial charge in [0.2, 0.25) is 0 Å². The minimum Gasteiger partial charge on any atom is -0.398 e. The van der Waals surface area contributed by atoms with E-state index in [1.54, 1.807) is 6.08 Å². The fourth-order valence-electron chi connectivity index (χ4n) is 0.905. The van der Waals surface area contributed by atoms with Gasteiger partial charge in [0.25, 0.3) is 0 Å². The molecule has 1 aromatic carbocycles. The molecule has 0 atom stereocenters. The first kappa shape index (κ1) is 9.45. The lowest BCUT2D eigenvalue weighted by atomic mass is 10.1. The molecule has 0 aliphatic heterocycles. The molecule has 0 unspecified atom stereocenters. The minimum absolute atomic E-state index is 0.0660. The van der Waals surface area contributed by atoms with Crippen LogP contribution in [-0.4, -0.2) is 5.78 Å². The Kier molecular flexibility index (Phi) is 2.80. The summed E-state index contributed by atoms with van der Waals surface area (Å²) in [7, 11) is 0. The standard InChI is InChI=1S/C10H10FNO/c1-7(13)2-3-8-4-5-9(11)6-10(8)12/h2-6H,12H2,1H3/b3-2+. The van der Waals surface area contributed by atoms with Crippen molar-refractivity contribution in [1.82, 2.24) is 0 Å². The zero-order valence-electron chi connectivity index (χ0n) is 7.25. The molecule has 0 aromatic heterocycles. The molecule has 68 valence electrons. The van der Waals surface area contributed by atoms with E-state index in [9.17, 15) is 9.18 Å². The molecule has 0 fully saturated rings. The van der Waals surface area contributed by atoms with Crippen molar-refractivity contribution in [2.45, 2.75) is 6.92 Å². The van der Waals surface area contributed by atoms with Crippen molar-refractivity contribution < 1.29 is 9.18 Å². The zero-order valence-corrected chi connectivity index (χ0v) is 7.25. The van der Waals surface area contributed by atoms with Crippen LogP contribution in [0.1, 0.15) is 12.5 Å². The molecule has 1 rings (SSSR count). The number of halogens is 1. The number of nitrogen functional groups attached to an aromatic ring is 1. The SMILES string of the molecule is CC(=O)/C=C/c1ccc(F)cc1N. The lowest BCUT2D eigenvalue weighted by molar-refractivity contribution is -0.112. The average molecular weight is 179 g/mol. The van der Waals surface area contributed by atoms with Crippen molar-refractivity contribution in [2.75, 3.05) is 5.73 Å². The van der Waals surface area contributed by atoms with E-state index in [2.05, 4.69) is 0 Å². The van der Waals surface area contributed by atoms with Gasteiger partial charge in [-0.2, -0.15) is 0 Å². The first-order chi connectivity index (χ1) is 6.09. The van der Waals surface area contributed by atoms with Crippen LogP contribution in [0.5, 0.6) is 0 Å². The van der Waals surface area contributed by atoms with E-state index in [0.29, 0.717) is 11.3 Å². The maximum atomic E-state index is 12.6. The summed E-state index contributed by atoms with van der Waals surface area (Å²) in [4.78, 5) is 10.6. The van der Waals surface area contributed by atoms with Crippen LogP contribution in [0, 0.1) is 5.82 Å². The number of carbonyl (C=O) groups excluding carboxylic acids is 1. The Bertz CT molecular complexity index is 358. The van der Waals surface area contributed by atoms with Crippen LogP contribution in [0.4, 0.5) is 10.1 Å². The second-order valence-electron chi connectivity index (χ2n) is 2.72. The summed E-state index contributed by atoms with van der Waals surface area (Å²) in [6.07, 6.45) is 2.96. The predicted octanol–water partition coefficient (Wildman–Crippen LogP) is 2.01. The summed E-state index contributed by atoms with van der Waals surface area (Å²) >= 11 is 0. The Morgan fingerprint density at radius 1 is 1.54 bits per heavy atom. The molecule has 0 bridgehead atoms. The minimum atomic E-state index is -0.377. The monoisotopic (exact) mass is 179 g/mol. The number of hydrogen-bond donors (Lipinski definition) is 1. The van der Waals surface area contributed by atoms with Crippen LogP contribution in [0.15, 0.2) is 24.3 Å². The van der Waals surface area contributed by atoms with Gasteiger partial charge in [-0.1, -0.05) is 6.07 Å². The number of ketones is 1. The van der Waals surface area contributed by atoms with Gasteiger partial charge in [-0.05, 0) is 36.8 Å². The Morgan fingerprint density at radius 3 is 2.77 bits per heavy atom. The highest BCUT2D eigenvalue weighted by atomic mass is 19.1. The molecule has 0 aliphatic carbocycles. The van der Waals surface area contributed by atoms with E-state index in [0.717, 1.165) is 0 Å². The first-order valence-corrected chi connectivity index (χ1v) is 3.83. The molecule has 2 N–H and O–H groups in total. The molecule has 3 heteroatoms. The van der Waals surface area contributed by atoms with Gasteiger partial charge in [-0.3, -0.25) is 4.79 Å². The number of nitrogens with two attached hydrogens (primary N) is 1. The molecule has 0 saturated carbocycles. The third kappa shape index (κ3) is 2.71. The third-order valence-corrected chi connectivity index (χ3v) is 1.55. The lowest BCUT2D eigenvalue weighted by Gasteiger charge is -1.98. The molecular weight excluding hydrogens is 169 g/mol. The Morgan fingerprint density at radius 2 is 2.23 bits per heavy atom. The first-order valence-electron chi connectivity index (χ1n) is 3.83. The average Bonchev–Trinajstić information content (AvgIpc) is 2.02. The Balaban J connectivity index is 2.96. The summed E-state index contributed by atoms with van der Waals surface area (Å²) in [5.41, 5.74) is 6.49. The van der Waals surface area contributed by atoms with Crippen LogP contribution < -0.4 is 5.73 Å². The fraction of sp³-hybridized carbons (Fsp3) is 0.100. The number of benzene rings is 1. The normalized spacial score (nSPS) is 10.6. The van der Waals surface area contributed by atoms with Gasteiger partial charge in [0.1, 0.15) is 5.82 Å². The van der Waals surface area contributed by atoms with Crippen LogP contribution in [0.25, 0.3) is 6.08 Å². The van der Waals surface area contributed by atoms with Crippen LogP contribution in [0.3, 0.4) is 0 Å². The summed E-state index contributed by atoms with van der Waals surface area (Å²) in [6.45, 7) is 1.44. The van der Waals surface area contributed by atoms with Crippen LogP contribution in [-0.2, 0) is 4.79 Å². The molecular formula is C10H10FNO. The van der Waals surface area contributed by atoms with E-state index in [1.165, 1.54) is 31.2 Å². The smallest absolute Gasteiger partial charge is 0.152 e. The second-order valence-corrected chi connectivity index (χ2v) is 2.72. The molecule has 0 aliphatic rings. The number of carbonyl (C=O) groups is 1. The van der Waals surface area contributed by atoms with Crippen molar-refractivity contribution >= 4 is 17.5 Å². The van der Waals surface area contributed by atoms with E-state index in [1.807, 2.05) is 0 Å². The van der Waals surface area contributed by atoms with E-state index < -0.39 is 0 Å². The molecule has 0 spiro atoms. The summed E-state index contributed by atoms with van der Waals surface area (Å²) in [5.74, 6) is -0.443. The van der Waals surface area contributed by atoms with Gasteiger partial charge in [0.05, 0.1) is 0 Å². The number of hydrogen-bond acceptors (Lipinski definition) is 2. The largest absolute Gasteiger partial charge is 0.398 e. The molecule has 0 heterocycles. The number of rotatable bonds is 2. The van der Waals surface area contributed by atoms with E-state index in [-0.39, 0.29) is 11.6 Å². The Hall–Kier alpha value is -1.64. The fourth-order valence-corrected chi connectivity index (χ4v) is 0.905. The van der Waals surface area contributed by atoms with Crippen molar-refractivity contribution in [3.63, 3.8) is 0 Å². The van der Waals surface area contributed by atoms with Gasteiger partial charge < -0.3 is 5.73 Å². The van der Waals surface area contributed by atoms with Crippen molar-refractivity contribution in [3.05, 3.63) is 35.7 Å². The molecule has 13 heavy (non-hydrogen) atoms. The lowest BCUT2D eigenvalue weighted by Crippen LogP contribution is -1.90. The highest BCUT2D eigenvalue weighted by Crippen LogP contribution is 2.14.